The Labute approximate surface area is 232 Å². The molecular weight excluding hydrogens is 792 g/mol. The summed E-state index contributed by atoms with van der Waals surface area (Å²) in [7, 11) is 4.95. The average molecular weight is 808 g/mol. The van der Waals surface area contributed by atoms with Crippen molar-refractivity contribution >= 4 is 95.6 Å². The molecule has 3 rings (SSSR count). The van der Waals surface area contributed by atoms with Crippen LogP contribution in [0, 0.1) is 0 Å². The van der Waals surface area contributed by atoms with Crippen LogP contribution in [0.4, 0.5) is 0 Å². The molecule has 0 aliphatic carbocycles. The van der Waals surface area contributed by atoms with Crippen molar-refractivity contribution in [2.24, 2.45) is 0 Å². The Morgan fingerprint density at radius 1 is 0.452 bits per heavy atom. The third-order valence-corrected chi connectivity index (χ3v) is 8.21. The van der Waals surface area contributed by atoms with E-state index in [9.17, 15) is 0 Å². The number of hydrogen-bond donors (Lipinski definition) is 0. The minimum Gasteiger partial charge on any atom is -0.494 e. The lowest BCUT2D eigenvalue weighted by molar-refractivity contribution is 0.409. The van der Waals surface area contributed by atoms with Crippen LogP contribution in [0.1, 0.15) is 22.6 Å². The van der Waals surface area contributed by atoms with Gasteiger partial charge in [-0.2, -0.15) is 0 Å². The Morgan fingerprint density at radius 2 is 0.645 bits per heavy atom. The quantitative estimate of drug-likeness (QED) is 0.233. The summed E-state index contributed by atoms with van der Waals surface area (Å²) in [5.41, 5.74) is 3.23. The standard InChI is InChI=1S/C22H16Br6O3/c1-29-20-13(23)4-10(5-14(20)24)19(11-6-15(25)21(30-2)16(26)7-11)12-8-17(27)22(31-3)18(28)9-12/h4-9,19H,1-3H3. The topological polar surface area (TPSA) is 27.7 Å². The summed E-state index contributed by atoms with van der Waals surface area (Å²) in [5, 5.41) is 0. The first kappa shape index (κ1) is 25.6. The van der Waals surface area contributed by atoms with Gasteiger partial charge < -0.3 is 14.2 Å². The second kappa shape index (κ2) is 10.9. The number of hydrogen-bond acceptors (Lipinski definition) is 3. The summed E-state index contributed by atoms with van der Waals surface area (Å²) < 4.78 is 21.7. The van der Waals surface area contributed by atoms with E-state index < -0.39 is 0 Å². The molecule has 9 heteroatoms. The lowest BCUT2D eigenvalue weighted by Crippen LogP contribution is -2.06. The molecule has 31 heavy (non-hydrogen) atoms. The molecule has 0 fully saturated rings. The fraction of sp³-hybridized carbons (Fsp3) is 0.182. The summed E-state index contributed by atoms with van der Waals surface area (Å²) >= 11 is 21.9. The molecule has 0 N–H and O–H groups in total. The zero-order valence-electron chi connectivity index (χ0n) is 16.5. The van der Waals surface area contributed by atoms with Crippen molar-refractivity contribution in [3.63, 3.8) is 0 Å². The molecule has 3 aromatic rings. The Kier molecular flexibility index (Phi) is 9.00. The van der Waals surface area contributed by atoms with Crippen molar-refractivity contribution in [1.29, 1.82) is 0 Å². The highest BCUT2D eigenvalue weighted by Crippen LogP contribution is 2.46. The van der Waals surface area contributed by atoms with Gasteiger partial charge in [-0.15, -0.1) is 0 Å². The molecule has 0 aliphatic rings. The molecule has 0 saturated carbocycles. The van der Waals surface area contributed by atoms with E-state index in [-0.39, 0.29) is 5.92 Å². The van der Waals surface area contributed by atoms with Crippen molar-refractivity contribution in [2.45, 2.75) is 5.92 Å². The molecule has 0 bridgehead atoms. The third kappa shape index (κ3) is 5.38. The first-order valence-electron chi connectivity index (χ1n) is 8.80. The number of methoxy groups -OCH3 is 3. The second-order valence-corrected chi connectivity index (χ2v) is 11.6. The van der Waals surface area contributed by atoms with Gasteiger partial charge in [0.15, 0.2) is 0 Å². The van der Waals surface area contributed by atoms with Gasteiger partial charge in [-0.25, -0.2) is 0 Å². The van der Waals surface area contributed by atoms with Crippen LogP contribution < -0.4 is 14.2 Å². The Hall–Kier alpha value is -0.0600. The van der Waals surface area contributed by atoms with E-state index in [2.05, 4.69) is 132 Å². The molecule has 0 amide bonds. The highest BCUT2D eigenvalue weighted by atomic mass is 79.9. The Balaban J connectivity index is 2.31. The lowest BCUT2D eigenvalue weighted by Gasteiger charge is -2.23. The monoisotopic (exact) mass is 802 g/mol. The molecule has 0 radical (unpaired) electrons. The second-order valence-electron chi connectivity index (χ2n) is 6.49. The number of rotatable bonds is 6. The van der Waals surface area contributed by atoms with Crippen LogP contribution in [-0.2, 0) is 0 Å². The fourth-order valence-electron chi connectivity index (χ4n) is 3.40. The molecule has 0 aromatic heterocycles. The van der Waals surface area contributed by atoms with Crippen molar-refractivity contribution in [3.8, 4) is 17.2 Å². The summed E-state index contributed by atoms with van der Waals surface area (Å²) in [5.74, 6) is 2.15. The van der Waals surface area contributed by atoms with Crippen LogP contribution in [0.2, 0.25) is 0 Å². The number of halogens is 6. The molecule has 0 aliphatic heterocycles. The van der Waals surface area contributed by atoms with Crippen LogP contribution >= 0.6 is 95.6 Å². The molecule has 164 valence electrons. The van der Waals surface area contributed by atoms with E-state index in [1.807, 2.05) is 0 Å². The van der Waals surface area contributed by atoms with Gasteiger partial charge in [0.2, 0.25) is 0 Å². The van der Waals surface area contributed by atoms with Crippen LogP contribution in [0.3, 0.4) is 0 Å². The molecular formula is C22H16Br6O3. The largest absolute Gasteiger partial charge is 0.494 e. The fourth-order valence-corrected chi connectivity index (χ4v) is 8.04. The van der Waals surface area contributed by atoms with E-state index in [1.54, 1.807) is 21.3 Å². The maximum absolute atomic E-state index is 5.50. The van der Waals surface area contributed by atoms with E-state index in [0.717, 1.165) is 60.8 Å². The first-order chi connectivity index (χ1) is 14.7. The highest BCUT2D eigenvalue weighted by Gasteiger charge is 2.24. The van der Waals surface area contributed by atoms with Crippen LogP contribution in [0.15, 0.2) is 63.2 Å². The molecule has 0 spiro atoms. The molecule has 3 nitrogen and oxygen atoms in total. The van der Waals surface area contributed by atoms with Crippen LogP contribution in [0.5, 0.6) is 17.2 Å². The predicted octanol–water partition coefficient (Wildman–Crippen LogP) is 9.47. The van der Waals surface area contributed by atoms with E-state index in [1.165, 1.54) is 0 Å². The third-order valence-electron chi connectivity index (χ3n) is 4.67. The molecule has 3 aromatic carbocycles. The smallest absolute Gasteiger partial charge is 0.147 e. The minimum atomic E-state index is -0.0875. The molecule has 0 saturated heterocycles. The van der Waals surface area contributed by atoms with Gasteiger partial charge in [0.05, 0.1) is 48.2 Å². The van der Waals surface area contributed by atoms with Gasteiger partial charge in [-0.05, 0) is 149 Å². The van der Waals surface area contributed by atoms with E-state index >= 15 is 0 Å². The first-order valence-corrected chi connectivity index (χ1v) is 13.6. The van der Waals surface area contributed by atoms with Gasteiger partial charge in [-0.1, -0.05) is 0 Å². The maximum atomic E-state index is 5.50. The Morgan fingerprint density at radius 3 is 0.806 bits per heavy atom. The van der Waals surface area contributed by atoms with Gasteiger partial charge in [0, 0.05) is 5.92 Å². The minimum absolute atomic E-state index is 0.0875. The van der Waals surface area contributed by atoms with Crippen LogP contribution in [0.25, 0.3) is 0 Å². The predicted molar refractivity (Wildman–Crippen MR) is 146 cm³/mol. The summed E-state index contributed by atoms with van der Waals surface area (Å²) in [6, 6.07) is 12.5. The zero-order chi connectivity index (χ0) is 22.9. The number of ether oxygens (including phenoxy) is 3. The van der Waals surface area contributed by atoms with Crippen molar-refractivity contribution in [1.82, 2.24) is 0 Å². The average Bonchev–Trinajstić information content (AvgIpc) is 2.67. The van der Waals surface area contributed by atoms with Crippen LogP contribution in [-0.4, -0.2) is 21.3 Å². The van der Waals surface area contributed by atoms with E-state index in [4.69, 9.17) is 14.2 Å². The SMILES string of the molecule is COc1c(Br)cc(C(c2cc(Br)c(OC)c(Br)c2)c2cc(Br)c(OC)c(Br)c2)cc1Br. The maximum Gasteiger partial charge on any atom is 0.147 e. The molecule has 0 heterocycles. The molecule has 0 unspecified atom stereocenters. The lowest BCUT2D eigenvalue weighted by atomic mass is 9.85. The van der Waals surface area contributed by atoms with Crippen molar-refractivity contribution in [3.05, 3.63) is 79.9 Å². The highest BCUT2D eigenvalue weighted by molar-refractivity contribution is 9.11. The van der Waals surface area contributed by atoms with Gasteiger partial charge in [0.25, 0.3) is 0 Å². The van der Waals surface area contributed by atoms with Crippen molar-refractivity contribution in [2.75, 3.05) is 21.3 Å². The Bertz CT molecular complexity index is 922. The van der Waals surface area contributed by atoms with Gasteiger partial charge in [0.1, 0.15) is 17.2 Å². The summed E-state index contributed by atoms with van der Waals surface area (Å²) in [6.07, 6.45) is 0. The molecule has 0 atom stereocenters. The van der Waals surface area contributed by atoms with Gasteiger partial charge >= 0.3 is 0 Å². The van der Waals surface area contributed by atoms with E-state index in [0.29, 0.717) is 0 Å². The zero-order valence-corrected chi connectivity index (χ0v) is 26.0. The van der Waals surface area contributed by atoms with Crippen molar-refractivity contribution < 1.29 is 14.2 Å². The normalized spacial score (nSPS) is 11.0. The summed E-state index contributed by atoms with van der Waals surface area (Å²) in [6.45, 7) is 0. The number of benzene rings is 3. The van der Waals surface area contributed by atoms with Gasteiger partial charge in [-0.3, -0.25) is 0 Å². The summed E-state index contributed by atoms with van der Waals surface area (Å²) in [4.78, 5) is 0.